The van der Waals surface area contributed by atoms with Crippen molar-refractivity contribution in [2.45, 2.75) is 13.0 Å². The largest absolute Gasteiger partial charge is 0.306 e. The lowest BCUT2D eigenvalue weighted by Gasteiger charge is -2.20. The fraction of sp³-hybridized carbons (Fsp3) is 0.222. The van der Waals surface area contributed by atoms with Crippen LogP contribution in [0.25, 0.3) is 22.3 Å². The highest BCUT2D eigenvalue weighted by Crippen LogP contribution is 2.21. The summed E-state index contributed by atoms with van der Waals surface area (Å²) < 4.78 is 0. The second-order valence-electron chi connectivity index (χ2n) is 5.69. The first kappa shape index (κ1) is 14.5. The van der Waals surface area contributed by atoms with E-state index in [2.05, 4.69) is 48.0 Å². The van der Waals surface area contributed by atoms with E-state index in [1.807, 2.05) is 30.3 Å². The van der Waals surface area contributed by atoms with Gasteiger partial charge in [-0.1, -0.05) is 36.4 Å². The minimum absolute atomic E-state index is 0.105. The van der Waals surface area contributed by atoms with E-state index in [-0.39, 0.29) is 5.56 Å². The highest BCUT2D eigenvalue weighted by atomic mass is 16.1. The van der Waals surface area contributed by atoms with Crippen LogP contribution in [0.1, 0.15) is 18.5 Å². The van der Waals surface area contributed by atoms with Gasteiger partial charge in [0.25, 0.3) is 5.56 Å². The number of aromatic amines is 1. The first-order chi connectivity index (χ1) is 10.6. The highest BCUT2D eigenvalue weighted by molar-refractivity contribution is 5.79. The van der Waals surface area contributed by atoms with E-state index in [1.165, 1.54) is 5.56 Å². The molecule has 0 bridgehead atoms. The van der Waals surface area contributed by atoms with E-state index >= 15 is 0 Å². The number of nitrogens with zero attached hydrogens (tertiary/aromatic N) is 2. The molecule has 0 saturated heterocycles. The molecule has 0 aliphatic carbocycles. The number of nitrogens with one attached hydrogen (secondary N) is 1. The molecule has 22 heavy (non-hydrogen) atoms. The van der Waals surface area contributed by atoms with Crippen LogP contribution in [0, 0.1) is 0 Å². The quantitative estimate of drug-likeness (QED) is 0.806. The lowest BCUT2D eigenvalue weighted by atomic mass is 10.1. The predicted octanol–water partition coefficient (Wildman–Crippen LogP) is 3.21. The zero-order valence-corrected chi connectivity index (χ0v) is 13.0. The molecule has 1 atom stereocenters. The number of rotatable bonds is 3. The van der Waals surface area contributed by atoms with E-state index in [9.17, 15) is 4.79 Å². The molecular formula is C18H19N3O. The van der Waals surface area contributed by atoms with Gasteiger partial charge in [0.2, 0.25) is 0 Å². The van der Waals surface area contributed by atoms with Gasteiger partial charge in [0, 0.05) is 11.6 Å². The Kier molecular flexibility index (Phi) is 3.77. The molecule has 4 nitrogen and oxygen atoms in total. The normalized spacial score (nSPS) is 12.7. The van der Waals surface area contributed by atoms with Gasteiger partial charge in [0.05, 0.1) is 10.9 Å². The van der Waals surface area contributed by atoms with E-state index < -0.39 is 0 Å². The van der Waals surface area contributed by atoms with Crippen LogP contribution in [0.4, 0.5) is 0 Å². The molecule has 1 N–H and O–H groups in total. The van der Waals surface area contributed by atoms with Gasteiger partial charge in [-0.2, -0.15) is 0 Å². The molecule has 0 amide bonds. The lowest BCUT2D eigenvalue weighted by Crippen LogP contribution is -2.16. The van der Waals surface area contributed by atoms with Crippen LogP contribution in [-0.4, -0.2) is 29.0 Å². The van der Waals surface area contributed by atoms with Crippen molar-refractivity contribution in [1.29, 1.82) is 0 Å². The second kappa shape index (κ2) is 5.73. The molecular weight excluding hydrogens is 274 g/mol. The molecule has 0 fully saturated rings. The minimum Gasteiger partial charge on any atom is -0.306 e. The fourth-order valence-corrected chi connectivity index (χ4v) is 2.44. The topological polar surface area (TPSA) is 49.0 Å². The Morgan fingerprint density at radius 1 is 1.05 bits per heavy atom. The molecule has 3 rings (SSSR count). The Morgan fingerprint density at radius 3 is 2.41 bits per heavy atom. The Labute approximate surface area is 129 Å². The van der Waals surface area contributed by atoms with Gasteiger partial charge in [-0.15, -0.1) is 0 Å². The maximum absolute atomic E-state index is 12.1. The Hall–Kier alpha value is -2.46. The highest BCUT2D eigenvalue weighted by Gasteiger charge is 2.09. The zero-order valence-electron chi connectivity index (χ0n) is 13.0. The van der Waals surface area contributed by atoms with Crippen molar-refractivity contribution in [1.82, 2.24) is 14.9 Å². The summed E-state index contributed by atoms with van der Waals surface area (Å²) in [5.41, 5.74) is 2.76. The van der Waals surface area contributed by atoms with E-state index in [1.54, 1.807) is 6.07 Å². The van der Waals surface area contributed by atoms with Crippen LogP contribution in [-0.2, 0) is 0 Å². The Bertz CT molecular complexity index is 850. The summed E-state index contributed by atoms with van der Waals surface area (Å²) in [6, 6.07) is 15.9. The third-order valence-corrected chi connectivity index (χ3v) is 4.05. The summed E-state index contributed by atoms with van der Waals surface area (Å²) in [5, 5.41) is 0.615. The molecule has 0 aliphatic heterocycles. The second-order valence-corrected chi connectivity index (χ2v) is 5.69. The van der Waals surface area contributed by atoms with Crippen LogP contribution >= 0.6 is 0 Å². The van der Waals surface area contributed by atoms with Gasteiger partial charge in [-0.25, -0.2) is 4.98 Å². The fourth-order valence-electron chi connectivity index (χ4n) is 2.44. The molecule has 112 valence electrons. The maximum Gasteiger partial charge on any atom is 0.259 e. The zero-order chi connectivity index (χ0) is 15.7. The molecule has 1 aromatic heterocycles. The number of hydrogen-bond donors (Lipinski definition) is 1. The molecule has 0 aliphatic rings. The summed E-state index contributed by atoms with van der Waals surface area (Å²) >= 11 is 0. The van der Waals surface area contributed by atoms with Crippen molar-refractivity contribution >= 4 is 10.9 Å². The van der Waals surface area contributed by atoms with Crippen molar-refractivity contribution in [3.8, 4) is 11.4 Å². The molecule has 0 radical (unpaired) electrons. The minimum atomic E-state index is -0.105. The maximum atomic E-state index is 12.1. The average Bonchev–Trinajstić information content (AvgIpc) is 2.54. The monoisotopic (exact) mass is 293 g/mol. The van der Waals surface area contributed by atoms with Crippen molar-refractivity contribution < 1.29 is 0 Å². The molecule has 3 aromatic rings. The summed E-state index contributed by atoms with van der Waals surface area (Å²) in [6.07, 6.45) is 0. The molecule has 0 spiro atoms. The number of benzene rings is 2. The molecule has 4 heteroatoms. The number of fused-ring (bicyclic) bond motifs is 1. The van der Waals surface area contributed by atoms with Crippen LogP contribution < -0.4 is 5.56 Å². The van der Waals surface area contributed by atoms with Gasteiger partial charge in [-0.3, -0.25) is 4.79 Å². The van der Waals surface area contributed by atoms with E-state index in [0.29, 0.717) is 22.8 Å². The Morgan fingerprint density at radius 2 is 1.73 bits per heavy atom. The first-order valence-electron chi connectivity index (χ1n) is 7.32. The van der Waals surface area contributed by atoms with Crippen LogP contribution in [0.15, 0.2) is 53.3 Å². The Balaban J connectivity index is 2.03. The summed E-state index contributed by atoms with van der Waals surface area (Å²) in [6.45, 7) is 2.16. The van der Waals surface area contributed by atoms with Gasteiger partial charge >= 0.3 is 0 Å². The van der Waals surface area contributed by atoms with Crippen molar-refractivity contribution in [2.24, 2.45) is 0 Å². The van der Waals surface area contributed by atoms with Gasteiger partial charge in [0.1, 0.15) is 5.82 Å². The number of para-hydroxylation sites is 1. The van der Waals surface area contributed by atoms with Gasteiger partial charge < -0.3 is 9.88 Å². The van der Waals surface area contributed by atoms with Gasteiger partial charge in [0.15, 0.2) is 0 Å². The van der Waals surface area contributed by atoms with Crippen LogP contribution in [0.5, 0.6) is 0 Å². The summed E-state index contributed by atoms with van der Waals surface area (Å²) in [4.78, 5) is 21.7. The van der Waals surface area contributed by atoms with E-state index in [4.69, 9.17) is 0 Å². The SMILES string of the molecule is CC(c1ccc(-c2nc3ccccc3c(=O)[nH]2)cc1)N(C)C. The third kappa shape index (κ3) is 2.65. The lowest BCUT2D eigenvalue weighted by molar-refractivity contribution is 0.321. The molecule has 2 aromatic carbocycles. The van der Waals surface area contributed by atoms with E-state index in [0.717, 1.165) is 5.56 Å². The van der Waals surface area contributed by atoms with Gasteiger partial charge in [-0.05, 0) is 38.7 Å². The average molecular weight is 293 g/mol. The van der Waals surface area contributed by atoms with Crippen LogP contribution in [0.2, 0.25) is 0 Å². The predicted molar refractivity (Wildman–Crippen MR) is 89.9 cm³/mol. The van der Waals surface area contributed by atoms with Crippen LogP contribution in [0.3, 0.4) is 0 Å². The molecule has 1 unspecified atom stereocenters. The smallest absolute Gasteiger partial charge is 0.259 e. The standard InChI is InChI=1S/C18H19N3O/c1-12(21(2)3)13-8-10-14(11-9-13)17-19-16-7-5-4-6-15(16)18(22)20-17/h4-12H,1-3H3,(H,19,20,22). The molecule has 0 saturated carbocycles. The summed E-state index contributed by atoms with van der Waals surface area (Å²) in [7, 11) is 4.11. The van der Waals surface area contributed by atoms with Crippen molar-refractivity contribution in [3.05, 3.63) is 64.4 Å². The van der Waals surface area contributed by atoms with Crippen molar-refractivity contribution in [3.63, 3.8) is 0 Å². The molecule has 1 heterocycles. The summed E-state index contributed by atoms with van der Waals surface area (Å²) in [5.74, 6) is 0.604. The third-order valence-electron chi connectivity index (χ3n) is 4.05. The van der Waals surface area contributed by atoms with Crippen molar-refractivity contribution in [2.75, 3.05) is 14.1 Å². The number of hydrogen-bond acceptors (Lipinski definition) is 3. The number of aromatic nitrogens is 2. The first-order valence-corrected chi connectivity index (χ1v) is 7.32. The number of H-pyrrole nitrogens is 1.